The van der Waals surface area contributed by atoms with Gasteiger partial charge in [0.2, 0.25) is 5.95 Å². The minimum Gasteiger partial charge on any atom is -0.495 e. The molecule has 1 amide bonds. The summed E-state index contributed by atoms with van der Waals surface area (Å²) in [5, 5.41) is 18.0. The Balaban J connectivity index is 1.43. The number of carboxylic acid groups (broad SMARTS) is 1. The highest BCUT2D eigenvalue weighted by atomic mass is 16.5. The van der Waals surface area contributed by atoms with Crippen LogP contribution in [0.4, 0.5) is 16.4 Å². The molecule has 3 aromatic rings. The van der Waals surface area contributed by atoms with Gasteiger partial charge in [-0.1, -0.05) is 0 Å². The van der Waals surface area contributed by atoms with Gasteiger partial charge in [0.05, 0.1) is 37.0 Å². The molecule has 1 fully saturated rings. The third kappa shape index (κ3) is 3.81. The quantitative estimate of drug-likeness (QED) is 0.627. The van der Waals surface area contributed by atoms with Gasteiger partial charge in [-0.15, -0.1) is 0 Å². The number of rotatable bonds is 5. The Kier molecular flexibility index (Phi) is 5.30. The Morgan fingerprint density at radius 2 is 2.16 bits per heavy atom. The van der Waals surface area contributed by atoms with Gasteiger partial charge in [-0.2, -0.15) is 10.1 Å². The zero-order valence-corrected chi connectivity index (χ0v) is 18.3. The van der Waals surface area contributed by atoms with Crippen LogP contribution in [0.2, 0.25) is 0 Å². The molecule has 10 heteroatoms. The Labute approximate surface area is 185 Å². The largest absolute Gasteiger partial charge is 0.495 e. The van der Waals surface area contributed by atoms with Gasteiger partial charge in [0.1, 0.15) is 5.75 Å². The lowest BCUT2D eigenvalue weighted by atomic mass is 9.99. The summed E-state index contributed by atoms with van der Waals surface area (Å²) in [6.45, 7) is 2.96. The van der Waals surface area contributed by atoms with Gasteiger partial charge in [-0.3, -0.25) is 0 Å². The zero-order valence-electron chi connectivity index (χ0n) is 18.3. The number of carbonyl (C=O) groups is 1. The van der Waals surface area contributed by atoms with Gasteiger partial charge in [0, 0.05) is 25.8 Å². The molecular formula is C22H27N7O3. The van der Waals surface area contributed by atoms with E-state index in [1.807, 2.05) is 0 Å². The highest BCUT2D eigenvalue weighted by Gasteiger charge is 2.29. The summed E-state index contributed by atoms with van der Waals surface area (Å²) < 4.78 is 7.39. The van der Waals surface area contributed by atoms with Crippen molar-refractivity contribution in [1.82, 2.24) is 29.5 Å². The summed E-state index contributed by atoms with van der Waals surface area (Å²) in [7, 11) is 3.78. The molecule has 1 atom stereocenters. The first kappa shape index (κ1) is 20.5. The van der Waals surface area contributed by atoms with Gasteiger partial charge in [0.15, 0.2) is 5.65 Å². The molecule has 0 saturated carbocycles. The van der Waals surface area contributed by atoms with E-state index in [9.17, 15) is 9.90 Å². The fourth-order valence-electron chi connectivity index (χ4n) is 4.65. The molecule has 0 unspecified atom stereocenters. The lowest BCUT2D eigenvalue weighted by Crippen LogP contribution is -2.37. The molecule has 0 radical (unpaired) electrons. The van der Waals surface area contributed by atoms with Crippen molar-refractivity contribution in [2.75, 3.05) is 32.6 Å². The molecule has 168 valence electrons. The molecule has 4 heterocycles. The van der Waals surface area contributed by atoms with Gasteiger partial charge < -0.3 is 25.0 Å². The summed E-state index contributed by atoms with van der Waals surface area (Å²) >= 11 is 0. The van der Waals surface area contributed by atoms with Gasteiger partial charge in [-0.05, 0) is 49.6 Å². The van der Waals surface area contributed by atoms with Crippen LogP contribution >= 0.6 is 0 Å². The number of likely N-dealkylation sites (tertiary alicyclic amines) is 1. The predicted octanol–water partition coefficient (Wildman–Crippen LogP) is 2.71. The summed E-state index contributed by atoms with van der Waals surface area (Å²) in [6.07, 6.45) is 5.26. The van der Waals surface area contributed by atoms with Crippen LogP contribution in [0.3, 0.4) is 0 Å². The summed E-state index contributed by atoms with van der Waals surface area (Å²) in [4.78, 5) is 24.4. The highest BCUT2D eigenvalue weighted by molar-refractivity contribution is 5.76. The molecule has 5 rings (SSSR count). The van der Waals surface area contributed by atoms with Gasteiger partial charge in [-0.25, -0.2) is 14.5 Å². The summed E-state index contributed by atoms with van der Waals surface area (Å²) in [6, 6.07) is 4.10. The topological polar surface area (TPSA) is 109 Å². The minimum atomic E-state index is -0.883. The van der Waals surface area contributed by atoms with E-state index in [0.29, 0.717) is 24.7 Å². The standard InChI is InChI=1S/C22H27N7O3/c1-27-7-5-14-9-19(32-2)18(8-15(14)12-27)25-21-23-10-16-11-24-29(20(16)26-21)13-17-4-3-6-28(17)22(30)31/h8-11,17H,3-7,12-13H2,1-2H3,(H,30,31)(H,23,25,26)/t17-/m1/s1. The Morgan fingerprint density at radius 1 is 1.28 bits per heavy atom. The SMILES string of the molecule is COc1cc2c(cc1Nc1ncc3cnn(C[C@H]4CCCN4C(=O)O)c3n1)CN(C)CC2. The van der Waals surface area contributed by atoms with Crippen LogP contribution in [-0.2, 0) is 19.5 Å². The molecule has 2 aromatic heterocycles. The van der Waals surface area contributed by atoms with E-state index in [0.717, 1.165) is 49.2 Å². The number of fused-ring (bicyclic) bond motifs is 2. The van der Waals surface area contributed by atoms with E-state index >= 15 is 0 Å². The number of hydrogen-bond donors (Lipinski definition) is 2. The second-order valence-electron chi connectivity index (χ2n) is 8.51. The number of benzene rings is 1. The van der Waals surface area contributed by atoms with Crippen LogP contribution in [0.25, 0.3) is 11.0 Å². The fraction of sp³-hybridized carbons (Fsp3) is 0.455. The molecule has 0 bridgehead atoms. The van der Waals surface area contributed by atoms with Crippen molar-refractivity contribution >= 4 is 28.8 Å². The average molecular weight is 438 g/mol. The molecule has 2 N–H and O–H groups in total. The third-order valence-electron chi connectivity index (χ3n) is 6.35. The van der Waals surface area contributed by atoms with E-state index in [1.165, 1.54) is 16.0 Å². The zero-order chi connectivity index (χ0) is 22.2. The van der Waals surface area contributed by atoms with Crippen molar-refractivity contribution in [3.8, 4) is 5.75 Å². The average Bonchev–Trinajstić information content (AvgIpc) is 3.41. The summed E-state index contributed by atoms with van der Waals surface area (Å²) in [5.41, 5.74) is 4.07. The number of amides is 1. The summed E-state index contributed by atoms with van der Waals surface area (Å²) in [5.74, 6) is 1.21. The van der Waals surface area contributed by atoms with E-state index in [4.69, 9.17) is 9.72 Å². The molecule has 2 aliphatic heterocycles. The molecule has 0 spiro atoms. The van der Waals surface area contributed by atoms with Crippen LogP contribution in [0.15, 0.2) is 24.5 Å². The Morgan fingerprint density at radius 3 is 2.97 bits per heavy atom. The second kappa shape index (κ2) is 8.27. The van der Waals surface area contributed by atoms with Gasteiger partial charge >= 0.3 is 6.09 Å². The van der Waals surface area contributed by atoms with Crippen molar-refractivity contribution in [1.29, 1.82) is 0 Å². The maximum atomic E-state index is 11.5. The number of nitrogens with one attached hydrogen (secondary N) is 1. The van der Waals surface area contributed by atoms with E-state index < -0.39 is 6.09 Å². The van der Waals surface area contributed by atoms with Crippen molar-refractivity contribution in [3.05, 3.63) is 35.7 Å². The van der Waals surface area contributed by atoms with Crippen molar-refractivity contribution in [3.63, 3.8) is 0 Å². The molecule has 1 saturated heterocycles. The van der Waals surface area contributed by atoms with E-state index in [1.54, 1.807) is 24.2 Å². The normalized spacial score (nSPS) is 18.7. The molecule has 32 heavy (non-hydrogen) atoms. The monoisotopic (exact) mass is 437 g/mol. The van der Waals surface area contributed by atoms with Crippen LogP contribution in [-0.4, -0.2) is 74.0 Å². The van der Waals surface area contributed by atoms with E-state index in [2.05, 4.69) is 39.5 Å². The maximum Gasteiger partial charge on any atom is 0.407 e. The minimum absolute atomic E-state index is 0.0975. The number of nitrogens with zero attached hydrogens (tertiary/aromatic N) is 6. The maximum absolute atomic E-state index is 11.5. The number of anilines is 2. The van der Waals surface area contributed by atoms with Crippen LogP contribution in [0, 0.1) is 0 Å². The van der Waals surface area contributed by atoms with Crippen molar-refractivity contribution in [2.24, 2.45) is 0 Å². The van der Waals surface area contributed by atoms with E-state index in [-0.39, 0.29) is 6.04 Å². The number of hydrogen-bond acceptors (Lipinski definition) is 7. The highest BCUT2D eigenvalue weighted by Crippen LogP contribution is 2.33. The first-order valence-corrected chi connectivity index (χ1v) is 10.9. The van der Waals surface area contributed by atoms with Crippen molar-refractivity contribution in [2.45, 2.75) is 38.4 Å². The number of aromatic nitrogens is 4. The fourth-order valence-corrected chi connectivity index (χ4v) is 4.65. The van der Waals surface area contributed by atoms with Gasteiger partial charge in [0.25, 0.3) is 0 Å². The predicted molar refractivity (Wildman–Crippen MR) is 119 cm³/mol. The van der Waals surface area contributed by atoms with Crippen LogP contribution in [0.1, 0.15) is 24.0 Å². The number of methoxy groups -OCH3 is 1. The molecular weight excluding hydrogens is 410 g/mol. The van der Waals surface area contributed by atoms with Crippen LogP contribution < -0.4 is 10.1 Å². The first-order chi connectivity index (χ1) is 15.5. The molecule has 2 aliphatic rings. The first-order valence-electron chi connectivity index (χ1n) is 10.9. The lowest BCUT2D eigenvalue weighted by molar-refractivity contribution is 0.135. The second-order valence-corrected chi connectivity index (χ2v) is 8.51. The smallest absolute Gasteiger partial charge is 0.407 e. The Hall–Kier alpha value is -3.40. The molecule has 10 nitrogen and oxygen atoms in total. The molecule has 1 aromatic carbocycles. The van der Waals surface area contributed by atoms with Crippen LogP contribution in [0.5, 0.6) is 5.75 Å². The third-order valence-corrected chi connectivity index (χ3v) is 6.35. The molecule has 0 aliphatic carbocycles. The van der Waals surface area contributed by atoms with Crippen molar-refractivity contribution < 1.29 is 14.6 Å². The number of likely N-dealkylation sites (N-methyl/N-ethyl adjacent to an activating group) is 1. The number of ether oxygens (including phenoxy) is 1. The Bertz CT molecular complexity index is 1160. The lowest BCUT2D eigenvalue weighted by Gasteiger charge is -2.26.